The van der Waals surface area contributed by atoms with Crippen molar-refractivity contribution in [1.29, 1.82) is 0 Å². The highest BCUT2D eigenvalue weighted by Crippen LogP contribution is 2.31. The van der Waals surface area contributed by atoms with E-state index in [1.807, 2.05) is 11.0 Å². The Morgan fingerprint density at radius 1 is 1.42 bits per heavy atom. The number of halogens is 1. The highest BCUT2D eigenvalue weighted by molar-refractivity contribution is 6.30. The normalized spacial score (nSPS) is 15.8. The van der Waals surface area contributed by atoms with Crippen LogP contribution in [-0.4, -0.2) is 41.2 Å². The molecule has 7 heteroatoms. The maximum atomic E-state index is 11.9. The number of benzene rings is 1. The summed E-state index contributed by atoms with van der Waals surface area (Å²) in [6, 6.07) is 7.93. The van der Waals surface area contributed by atoms with E-state index < -0.39 is 12.0 Å². The van der Waals surface area contributed by atoms with Gasteiger partial charge in [-0.25, -0.2) is 4.98 Å². The lowest BCUT2D eigenvalue weighted by atomic mass is 10.1. The van der Waals surface area contributed by atoms with Gasteiger partial charge in [0.15, 0.2) is 0 Å². The summed E-state index contributed by atoms with van der Waals surface area (Å²) in [6.45, 7) is 1.32. The summed E-state index contributed by atoms with van der Waals surface area (Å²) in [7, 11) is 1.52. The number of hydrogen-bond donors (Lipinski definition) is 1. The lowest BCUT2D eigenvalue weighted by Crippen LogP contribution is -2.35. The molecule has 0 radical (unpaired) electrons. The van der Waals surface area contributed by atoms with E-state index in [2.05, 4.69) is 4.98 Å². The first kappa shape index (κ1) is 16.5. The molecule has 3 rings (SSSR count). The van der Waals surface area contributed by atoms with Crippen molar-refractivity contribution in [3.8, 4) is 11.6 Å². The van der Waals surface area contributed by atoms with Gasteiger partial charge in [-0.1, -0.05) is 11.6 Å². The molecule has 1 aromatic carbocycles. The van der Waals surface area contributed by atoms with E-state index in [1.165, 1.54) is 13.3 Å². The minimum Gasteiger partial charge on any atom is -0.492 e. The van der Waals surface area contributed by atoms with Gasteiger partial charge in [0.1, 0.15) is 18.4 Å². The van der Waals surface area contributed by atoms with Gasteiger partial charge >= 0.3 is 5.97 Å². The van der Waals surface area contributed by atoms with Crippen molar-refractivity contribution in [2.24, 2.45) is 0 Å². The third-order valence-electron chi connectivity index (χ3n) is 3.92. The molecule has 0 amide bonds. The summed E-state index contributed by atoms with van der Waals surface area (Å²) in [5.74, 6) is 0.241. The second kappa shape index (κ2) is 7.07. The quantitative estimate of drug-likeness (QED) is 0.916. The van der Waals surface area contributed by atoms with Crippen LogP contribution in [0.5, 0.6) is 11.6 Å². The molecule has 24 heavy (non-hydrogen) atoms. The van der Waals surface area contributed by atoms with E-state index in [9.17, 15) is 9.90 Å². The number of hydrogen-bond acceptors (Lipinski definition) is 5. The smallest absolute Gasteiger partial charge is 0.325 e. The molecule has 1 aliphatic heterocycles. The Balaban J connectivity index is 1.91. The summed E-state index contributed by atoms with van der Waals surface area (Å²) < 4.78 is 10.7. The monoisotopic (exact) mass is 348 g/mol. The molecular weight excluding hydrogens is 332 g/mol. The lowest BCUT2D eigenvalue weighted by Gasteiger charge is -2.27. The molecule has 2 aromatic rings. The third-order valence-corrected chi connectivity index (χ3v) is 4.15. The molecule has 0 spiro atoms. The van der Waals surface area contributed by atoms with Crippen LogP contribution in [0.4, 0.5) is 0 Å². The van der Waals surface area contributed by atoms with Crippen molar-refractivity contribution in [2.45, 2.75) is 12.6 Å². The van der Waals surface area contributed by atoms with Gasteiger partial charge < -0.3 is 14.6 Å². The van der Waals surface area contributed by atoms with Crippen LogP contribution in [0.1, 0.15) is 17.2 Å². The predicted octanol–water partition coefficient (Wildman–Crippen LogP) is 2.76. The number of nitrogens with zero attached hydrogens (tertiary/aromatic N) is 2. The minimum atomic E-state index is -0.938. The van der Waals surface area contributed by atoms with E-state index in [1.54, 1.807) is 24.3 Å². The second-order valence-electron chi connectivity index (χ2n) is 5.45. The van der Waals surface area contributed by atoms with Crippen molar-refractivity contribution in [1.82, 2.24) is 9.88 Å². The Labute approximate surface area is 144 Å². The number of methoxy groups -OCH3 is 1. The molecule has 1 atom stereocenters. The summed E-state index contributed by atoms with van der Waals surface area (Å²) in [4.78, 5) is 17.8. The Hall–Kier alpha value is -2.31. The van der Waals surface area contributed by atoms with Crippen LogP contribution in [0.3, 0.4) is 0 Å². The molecule has 0 saturated carbocycles. The minimum absolute atomic E-state index is 0.405. The van der Waals surface area contributed by atoms with Crippen LogP contribution in [0.15, 0.2) is 36.5 Å². The number of fused-ring (bicyclic) bond motifs is 1. The van der Waals surface area contributed by atoms with Gasteiger partial charge in [-0.3, -0.25) is 9.69 Å². The predicted molar refractivity (Wildman–Crippen MR) is 88.5 cm³/mol. The van der Waals surface area contributed by atoms with Crippen LogP contribution in [0, 0.1) is 0 Å². The molecule has 6 nitrogen and oxygen atoms in total. The Kier molecular flexibility index (Phi) is 4.87. The van der Waals surface area contributed by atoms with Crippen LogP contribution < -0.4 is 9.47 Å². The van der Waals surface area contributed by atoms with E-state index in [0.29, 0.717) is 36.2 Å². The van der Waals surface area contributed by atoms with Gasteiger partial charge in [0.25, 0.3) is 0 Å². The van der Waals surface area contributed by atoms with Gasteiger partial charge in [0.05, 0.1) is 7.11 Å². The Morgan fingerprint density at radius 3 is 2.92 bits per heavy atom. The largest absolute Gasteiger partial charge is 0.492 e. The zero-order valence-electron chi connectivity index (χ0n) is 13.1. The van der Waals surface area contributed by atoms with Crippen LogP contribution in [0.2, 0.25) is 5.02 Å². The zero-order valence-corrected chi connectivity index (χ0v) is 13.9. The number of pyridine rings is 1. The van der Waals surface area contributed by atoms with Gasteiger partial charge in [-0.2, -0.15) is 0 Å². The fraction of sp³-hybridized carbons (Fsp3) is 0.294. The van der Waals surface area contributed by atoms with E-state index in [0.717, 1.165) is 11.3 Å². The number of rotatable bonds is 4. The number of aromatic nitrogens is 1. The molecule has 0 fully saturated rings. The number of aliphatic carboxylic acids is 1. The van der Waals surface area contributed by atoms with Crippen molar-refractivity contribution < 1.29 is 19.4 Å². The van der Waals surface area contributed by atoms with Crippen molar-refractivity contribution >= 4 is 17.6 Å². The summed E-state index contributed by atoms with van der Waals surface area (Å²) >= 11 is 6.06. The van der Waals surface area contributed by atoms with Crippen LogP contribution in [-0.2, 0) is 11.3 Å². The Morgan fingerprint density at radius 2 is 2.25 bits per heavy atom. The second-order valence-corrected chi connectivity index (χ2v) is 5.88. The standard InChI is InChI=1S/C17H17ClN2O4/c1-23-15-5-2-11(9-19-15)16(17(21)22)20-6-7-24-14-4-3-13(18)8-12(14)10-20/h2-5,8-9,16H,6-7,10H2,1H3,(H,21,22). The maximum absolute atomic E-state index is 11.9. The van der Waals surface area contributed by atoms with Crippen molar-refractivity contribution in [2.75, 3.05) is 20.3 Å². The van der Waals surface area contributed by atoms with E-state index in [-0.39, 0.29) is 0 Å². The van der Waals surface area contributed by atoms with Crippen LogP contribution >= 0.6 is 11.6 Å². The molecule has 1 aromatic heterocycles. The average Bonchev–Trinajstić information content (AvgIpc) is 2.77. The SMILES string of the molecule is COc1ccc(C(C(=O)O)N2CCOc3ccc(Cl)cc3C2)cn1. The van der Waals surface area contributed by atoms with Gasteiger partial charge in [-0.05, 0) is 29.8 Å². The average molecular weight is 349 g/mol. The first-order valence-corrected chi connectivity index (χ1v) is 7.84. The fourth-order valence-electron chi connectivity index (χ4n) is 2.79. The molecular formula is C17H17ClN2O4. The molecule has 2 heterocycles. The molecule has 1 unspecified atom stereocenters. The highest BCUT2D eigenvalue weighted by Gasteiger charge is 2.30. The summed E-state index contributed by atoms with van der Waals surface area (Å²) in [5.41, 5.74) is 1.46. The number of carbonyl (C=O) groups is 1. The number of carboxylic acids is 1. The first-order valence-electron chi connectivity index (χ1n) is 7.46. The summed E-state index contributed by atoms with van der Waals surface area (Å²) in [6.07, 6.45) is 1.53. The highest BCUT2D eigenvalue weighted by atomic mass is 35.5. The molecule has 0 aliphatic carbocycles. The van der Waals surface area contributed by atoms with E-state index in [4.69, 9.17) is 21.1 Å². The maximum Gasteiger partial charge on any atom is 0.325 e. The molecule has 0 bridgehead atoms. The van der Waals surface area contributed by atoms with Gasteiger partial charge in [0.2, 0.25) is 5.88 Å². The fourth-order valence-corrected chi connectivity index (χ4v) is 2.98. The zero-order chi connectivity index (χ0) is 17.1. The Bertz CT molecular complexity index is 736. The van der Waals surface area contributed by atoms with Gasteiger partial charge in [0, 0.05) is 35.9 Å². The van der Waals surface area contributed by atoms with Crippen LogP contribution in [0.25, 0.3) is 0 Å². The number of carboxylic acid groups (broad SMARTS) is 1. The topological polar surface area (TPSA) is 71.9 Å². The van der Waals surface area contributed by atoms with Gasteiger partial charge in [-0.15, -0.1) is 0 Å². The molecule has 126 valence electrons. The number of ether oxygens (including phenoxy) is 2. The van der Waals surface area contributed by atoms with E-state index >= 15 is 0 Å². The third kappa shape index (κ3) is 3.44. The first-order chi connectivity index (χ1) is 11.6. The lowest BCUT2D eigenvalue weighted by molar-refractivity contribution is -0.144. The molecule has 1 aliphatic rings. The van der Waals surface area contributed by atoms with Crippen molar-refractivity contribution in [3.63, 3.8) is 0 Å². The van der Waals surface area contributed by atoms with Crippen molar-refractivity contribution in [3.05, 3.63) is 52.7 Å². The molecule has 1 N–H and O–H groups in total. The summed E-state index contributed by atoms with van der Waals surface area (Å²) in [5, 5.41) is 10.3. The molecule has 0 saturated heterocycles.